The summed E-state index contributed by atoms with van der Waals surface area (Å²) in [5.41, 5.74) is 1.54. The van der Waals surface area contributed by atoms with Crippen molar-refractivity contribution in [3.05, 3.63) is 63.5 Å². The number of aryl methyl sites for hydroxylation is 2. The molecular formula is C17H16FN3O3S2. The zero-order valence-electron chi connectivity index (χ0n) is 14.1. The summed E-state index contributed by atoms with van der Waals surface area (Å²) in [5.74, 6) is -0.400. The fourth-order valence-corrected chi connectivity index (χ4v) is 4.56. The van der Waals surface area contributed by atoms with Crippen molar-refractivity contribution in [1.82, 2.24) is 9.78 Å². The number of sulfonamides is 1. The molecule has 26 heavy (non-hydrogen) atoms. The topological polar surface area (TPSA) is 81.1 Å². The molecule has 0 aliphatic carbocycles. The van der Waals surface area contributed by atoms with Crippen LogP contribution in [0.2, 0.25) is 0 Å². The molecule has 0 fully saturated rings. The third-order valence-electron chi connectivity index (χ3n) is 3.71. The standard InChI is InChI=1S/C17H16FN3O3S2/c1-3-21-16(22)7-6-15(19-21)12-9-17(25-10-12)26(23,24)20-13-4-5-14(18)11(2)8-13/h4-10,20H,3H2,1-2H3. The van der Waals surface area contributed by atoms with E-state index in [0.29, 0.717) is 23.4 Å². The Morgan fingerprint density at radius 3 is 2.69 bits per heavy atom. The number of hydrogen-bond donors (Lipinski definition) is 1. The fourth-order valence-electron chi connectivity index (χ4n) is 2.33. The van der Waals surface area contributed by atoms with Crippen molar-refractivity contribution >= 4 is 27.0 Å². The molecular weight excluding hydrogens is 377 g/mol. The van der Waals surface area contributed by atoms with E-state index < -0.39 is 15.8 Å². The van der Waals surface area contributed by atoms with E-state index in [2.05, 4.69) is 9.82 Å². The molecule has 6 nitrogen and oxygen atoms in total. The van der Waals surface area contributed by atoms with E-state index in [1.807, 2.05) is 0 Å². The Morgan fingerprint density at radius 1 is 1.23 bits per heavy atom. The Labute approximate surface area is 154 Å². The molecule has 0 spiro atoms. The minimum Gasteiger partial charge on any atom is -0.279 e. The van der Waals surface area contributed by atoms with Crippen molar-refractivity contribution in [1.29, 1.82) is 0 Å². The molecule has 0 atom stereocenters. The Morgan fingerprint density at radius 2 is 2.00 bits per heavy atom. The highest BCUT2D eigenvalue weighted by Crippen LogP contribution is 2.28. The Kier molecular flexibility index (Phi) is 4.92. The van der Waals surface area contributed by atoms with Gasteiger partial charge >= 0.3 is 0 Å². The molecule has 0 radical (unpaired) electrons. The minimum absolute atomic E-state index is 0.102. The Bertz CT molecular complexity index is 1120. The third kappa shape index (κ3) is 3.68. The van der Waals surface area contributed by atoms with Gasteiger partial charge in [0.05, 0.1) is 5.69 Å². The summed E-state index contributed by atoms with van der Waals surface area (Å²) in [6, 6.07) is 8.47. The summed E-state index contributed by atoms with van der Waals surface area (Å²) in [7, 11) is -3.80. The number of thiophene rings is 1. The molecule has 0 unspecified atom stereocenters. The summed E-state index contributed by atoms with van der Waals surface area (Å²) < 4.78 is 42.3. The first-order chi connectivity index (χ1) is 12.3. The smallest absolute Gasteiger partial charge is 0.271 e. The van der Waals surface area contributed by atoms with Gasteiger partial charge in [-0.3, -0.25) is 9.52 Å². The van der Waals surface area contributed by atoms with Crippen LogP contribution >= 0.6 is 11.3 Å². The molecule has 1 N–H and O–H groups in total. The largest absolute Gasteiger partial charge is 0.279 e. The van der Waals surface area contributed by atoms with Crippen LogP contribution in [0.3, 0.4) is 0 Å². The first-order valence-electron chi connectivity index (χ1n) is 7.76. The van der Waals surface area contributed by atoms with E-state index in [1.54, 1.807) is 25.3 Å². The molecule has 3 rings (SSSR count). The Hall–Kier alpha value is -2.52. The molecule has 0 saturated carbocycles. The summed E-state index contributed by atoms with van der Waals surface area (Å²) in [4.78, 5) is 11.6. The number of benzene rings is 1. The van der Waals surface area contributed by atoms with Gasteiger partial charge in [0.25, 0.3) is 15.6 Å². The molecule has 0 aliphatic rings. The number of anilines is 1. The van der Waals surface area contributed by atoms with E-state index in [4.69, 9.17) is 0 Å². The van der Waals surface area contributed by atoms with Gasteiger partial charge in [0, 0.05) is 29.2 Å². The van der Waals surface area contributed by atoms with E-state index >= 15 is 0 Å². The van der Waals surface area contributed by atoms with Crippen molar-refractivity contribution in [2.45, 2.75) is 24.6 Å². The average Bonchev–Trinajstić information content (AvgIpc) is 3.09. The maximum absolute atomic E-state index is 13.3. The van der Waals surface area contributed by atoms with Crippen LogP contribution in [0.25, 0.3) is 11.3 Å². The van der Waals surface area contributed by atoms with Crippen molar-refractivity contribution in [3.63, 3.8) is 0 Å². The molecule has 9 heteroatoms. The van der Waals surface area contributed by atoms with Crippen LogP contribution in [0.15, 0.2) is 50.8 Å². The Balaban J connectivity index is 1.90. The first-order valence-corrected chi connectivity index (χ1v) is 10.1. The van der Waals surface area contributed by atoms with Crippen LogP contribution < -0.4 is 10.3 Å². The summed E-state index contributed by atoms with van der Waals surface area (Å²) in [5, 5.41) is 5.88. The molecule has 0 saturated heterocycles. The number of halogens is 1. The molecule has 3 aromatic rings. The van der Waals surface area contributed by atoms with Crippen molar-refractivity contribution in [2.75, 3.05) is 4.72 Å². The predicted octanol–water partition coefficient (Wildman–Crippen LogP) is 3.24. The highest BCUT2D eigenvalue weighted by molar-refractivity contribution is 7.94. The number of nitrogens with one attached hydrogen (secondary N) is 1. The second kappa shape index (κ2) is 7.00. The zero-order valence-corrected chi connectivity index (χ0v) is 15.7. The lowest BCUT2D eigenvalue weighted by atomic mass is 10.2. The summed E-state index contributed by atoms with van der Waals surface area (Å²) in [6.07, 6.45) is 0. The van der Waals surface area contributed by atoms with Gasteiger partial charge in [0.2, 0.25) is 0 Å². The number of rotatable bonds is 5. The van der Waals surface area contributed by atoms with E-state index in [1.165, 1.54) is 35.0 Å². The van der Waals surface area contributed by atoms with Crippen LogP contribution in [-0.4, -0.2) is 18.2 Å². The lowest BCUT2D eigenvalue weighted by Gasteiger charge is -2.07. The molecule has 0 aliphatic heterocycles. The van der Waals surface area contributed by atoms with Crippen LogP contribution in [0.1, 0.15) is 12.5 Å². The maximum atomic E-state index is 13.3. The first kappa shape index (κ1) is 18.3. The van der Waals surface area contributed by atoms with Gasteiger partial charge in [0.15, 0.2) is 0 Å². The van der Waals surface area contributed by atoms with Gasteiger partial charge in [0.1, 0.15) is 10.0 Å². The van der Waals surface area contributed by atoms with Crippen LogP contribution in [0.4, 0.5) is 10.1 Å². The van der Waals surface area contributed by atoms with E-state index in [0.717, 1.165) is 11.3 Å². The molecule has 0 bridgehead atoms. The maximum Gasteiger partial charge on any atom is 0.271 e. The predicted molar refractivity (Wildman–Crippen MR) is 99.4 cm³/mol. The van der Waals surface area contributed by atoms with E-state index in [-0.39, 0.29) is 15.5 Å². The van der Waals surface area contributed by atoms with Crippen molar-refractivity contribution in [3.8, 4) is 11.3 Å². The second-order valence-corrected chi connectivity index (χ2v) is 8.42. The van der Waals surface area contributed by atoms with Gasteiger partial charge < -0.3 is 0 Å². The lowest BCUT2D eigenvalue weighted by Crippen LogP contribution is -2.20. The van der Waals surface area contributed by atoms with Gasteiger partial charge in [-0.15, -0.1) is 11.3 Å². The number of hydrogen-bond acceptors (Lipinski definition) is 5. The van der Waals surface area contributed by atoms with Gasteiger partial charge in [-0.2, -0.15) is 5.10 Å². The summed E-state index contributed by atoms with van der Waals surface area (Å²) >= 11 is 1.04. The highest BCUT2D eigenvalue weighted by Gasteiger charge is 2.18. The lowest BCUT2D eigenvalue weighted by molar-refractivity contribution is 0.602. The number of nitrogens with zero attached hydrogens (tertiary/aromatic N) is 2. The van der Waals surface area contributed by atoms with Crippen LogP contribution in [0.5, 0.6) is 0 Å². The minimum atomic E-state index is -3.80. The van der Waals surface area contributed by atoms with Crippen LogP contribution in [0, 0.1) is 12.7 Å². The quantitative estimate of drug-likeness (QED) is 0.722. The number of aromatic nitrogens is 2. The highest BCUT2D eigenvalue weighted by atomic mass is 32.2. The van der Waals surface area contributed by atoms with Gasteiger partial charge in [-0.05, 0) is 49.7 Å². The SMILES string of the molecule is CCn1nc(-c2csc(S(=O)(=O)Nc3ccc(F)c(C)c3)c2)ccc1=O. The van der Waals surface area contributed by atoms with Gasteiger partial charge in [-0.1, -0.05) is 0 Å². The molecule has 136 valence electrons. The molecule has 2 heterocycles. The monoisotopic (exact) mass is 393 g/mol. The van der Waals surface area contributed by atoms with Gasteiger partial charge in [-0.25, -0.2) is 17.5 Å². The fraction of sp³-hybridized carbons (Fsp3) is 0.176. The van der Waals surface area contributed by atoms with Crippen molar-refractivity contribution < 1.29 is 12.8 Å². The second-order valence-electron chi connectivity index (χ2n) is 5.60. The zero-order chi connectivity index (χ0) is 18.9. The molecule has 0 amide bonds. The average molecular weight is 393 g/mol. The molecule has 2 aromatic heterocycles. The van der Waals surface area contributed by atoms with E-state index in [9.17, 15) is 17.6 Å². The van der Waals surface area contributed by atoms with Crippen molar-refractivity contribution in [2.24, 2.45) is 0 Å². The normalized spacial score (nSPS) is 11.5. The molecule has 1 aromatic carbocycles. The third-order valence-corrected chi connectivity index (χ3v) is 6.53. The summed E-state index contributed by atoms with van der Waals surface area (Å²) in [6.45, 7) is 3.79. The van der Waals surface area contributed by atoms with Crippen LogP contribution in [-0.2, 0) is 16.6 Å².